The number of hydrogen-bond donors (Lipinski definition) is 0. The highest BCUT2D eigenvalue weighted by Gasteiger charge is 2.55. The second-order valence-corrected chi connectivity index (χ2v) is 6.83. The molecule has 1 unspecified atom stereocenters. The van der Waals surface area contributed by atoms with E-state index in [1.807, 2.05) is 48.5 Å². The van der Waals surface area contributed by atoms with E-state index >= 15 is 0 Å². The Hall–Kier alpha value is -3.17. The van der Waals surface area contributed by atoms with Crippen molar-refractivity contribution < 1.29 is 9.47 Å². The van der Waals surface area contributed by atoms with E-state index in [9.17, 15) is 0 Å². The van der Waals surface area contributed by atoms with Crippen molar-refractivity contribution in [1.29, 1.82) is 0 Å². The Labute approximate surface area is 166 Å². The first-order valence-corrected chi connectivity index (χ1v) is 9.31. The van der Waals surface area contributed by atoms with Gasteiger partial charge in [0.25, 0.3) is 0 Å². The maximum absolute atomic E-state index is 6.23. The van der Waals surface area contributed by atoms with Gasteiger partial charge in [-0.3, -0.25) is 0 Å². The summed E-state index contributed by atoms with van der Waals surface area (Å²) in [6, 6.07) is 28.5. The molecule has 0 saturated heterocycles. The summed E-state index contributed by atoms with van der Waals surface area (Å²) in [6.07, 6.45) is 0. The molecule has 1 aliphatic carbocycles. The maximum atomic E-state index is 6.23. The lowest BCUT2D eigenvalue weighted by molar-refractivity contribution is 0.0813. The predicted molar refractivity (Wildman–Crippen MR) is 114 cm³/mol. The first-order valence-electron chi connectivity index (χ1n) is 9.31. The zero-order valence-corrected chi connectivity index (χ0v) is 16.3. The van der Waals surface area contributed by atoms with E-state index in [0.717, 1.165) is 33.9 Å². The van der Waals surface area contributed by atoms with Crippen LogP contribution < -0.4 is 0 Å². The molecule has 3 nitrogen and oxygen atoms in total. The Balaban J connectivity index is 2.00. The van der Waals surface area contributed by atoms with E-state index in [-0.39, 0.29) is 0 Å². The number of aryl methyl sites for hydroxylation is 1. The maximum Gasteiger partial charge on any atom is 0.168 e. The molecular weight excluding hydrogens is 346 g/mol. The van der Waals surface area contributed by atoms with E-state index < -0.39 is 5.60 Å². The highest BCUT2D eigenvalue weighted by Crippen LogP contribution is 2.53. The van der Waals surface area contributed by atoms with Crippen LogP contribution in [0.3, 0.4) is 0 Å². The van der Waals surface area contributed by atoms with E-state index in [0.29, 0.717) is 0 Å². The van der Waals surface area contributed by atoms with Crippen LogP contribution >= 0.6 is 0 Å². The third-order valence-electron chi connectivity index (χ3n) is 5.12. The van der Waals surface area contributed by atoms with Gasteiger partial charge in [0.05, 0.1) is 12.8 Å². The van der Waals surface area contributed by atoms with Crippen LogP contribution in [0, 0.1) is 6.92 Å². The second kappa shape index (κ2) is 7.45. The molecule has 4 rings (SSSR count). The highest BCUT2D eigenvalue weighted by molar-refractivity contribution is 6.27. The fourth-order valence-corrected chi connectivity index (χ4v) is 3.85. The van der Waals surface area contributed by atoms with Gasteiger partial charge in [0.15, 0.2) is 11.4 Å². The van der Waals surface area contributed by atoms with Gasteiger partial charge in [-0.2, -0.15) is 0 Å². The van der Waals surface area contributed by atoms with Crippen molar-refractivity contribution in [2.24, 2.45) is 4.99 Å². The molecule has 0 amide bonds. The Morgan fingerprint density at radius 3 is 2.07 bits per heavy atom. The molecular formula is C25H23NO2. The Morgan fingerprint density at radius 1 is 0.786 bits per heavy atom. The minimum absolute atomic E-state index is 0.762. The van der Waals surface area contributed by atoms with Crippen LogP contribution in [0.25, 0.3) is 5.57 Å². The van der Waals surface area contributed by atoms with Crippen LogP contribution in [-0.4, -0.2) is 19.9 Å². The molecule has 0 saturated carbocycles. The lowest BCUT2D eigenvalue weighted by atomic mass is 9.68. The van der Waals surface area contributed by atoms with E-state index in [1.165, 1.54) is 5.56 Å². The van der Waals surface area contributed by atoms with Crippen molar-refractivity contribution in [3.05, 3.63) is 107 Å². The number of benzene rings is 3. The van der Waals surface area contributed by atoms with E-state index in [4.69, 9.17) is 14.5 Å². The van der Waals surface area contributed by atoms with Crippen LogP contribution in [0.5, 0.6) is 0 Å². The van der Waals surface area contributed by atoms with E-state index in [2.05, 4.69) is 43.3 Å². The van der Waals surface area contributed by atoms with Crippen LogP contribution in [0.2, 0.25) is 0 Å². The molecule has 0 heterocycles. The molecule has 1 aliphatic rings. The predicted octanol–water partition coefficient (Wildman–Crippen LogP) is 5.68. The largest absolute Gasteiger partial charge is 0.494 e. The molecule has 0 fully saturated rings. The number of para-hydroxylation sites is 1. The SMILES string of the molecule is COC1=C(c2ccccc2)C(OC)(c2cccc(C)c2)C1=Nc1ccccc1. The summed E-state index contributed by atoms with van der Waals surface area (Å²) in [6.45, 7) is 2.09. The number of hydrogen-bond acceptors (Lipinski definition) is 3. The second-order valence-electron chi connectivity index (χ2n) is 6.83. The minimum atomic E-state index is -0.783. The van der Waals surface area contributed by atoms with Crippen LogP contribution in [0.15, 0.2) is 95.7 Å². The van der Waals surface area contributed by atoms with Crippen LogP contribution in [0.4, 0.5) is 5.69 Å². The average Bonchev–Trinajstić information content (AvgIpc) is 2.73. The van der Waals surface area contributed by atoms with Gasteiger partial charge < -0.3 is 9.47 Å². The Bertz CT molecular complexity index is 1040. The van der Waals surface area contributed by atoms with Crippen molar-refractivity contribution >= 4 is 17.0 Å². The summed E-state index contributed by atoms with van der Waals surface area (Å²) < 4.78 is 12.0. The number of methoxy groups -OCH3 is 2. The van der Waals surface area contributed by atoms with Crippen molar-refractivity contribution in [2.75, 3.05) is 14.2 Å². The van der Waals surface area contributed by atoms with Crippen molar-refractivity contribution in [3.8, 4) is 0 Å². The summed E-state index contributed by atoms with van der Waals surface area (Å²) in [5.41, 5.74) is 5.15. The summed E-state index contributed by atoms with van der Waals surface area (Å²) in [4.78, 5) is 4.93. The van der Waals surface area contributed by atoms with Crippen molar-refractivity contribution in [3.63, 3.8) is 0 Å². The van der Waals surface area contributed by atoms with Crippen molar-refractivity contribution in [1.82, 2.24) is 0 Å². The monoisotopic (exact) mass is 369 g/mol. The van der Waals surface area contributed by atoms with Crippen LogP contribution in [0.1, 0.15) is 16.7 Å². The van der Waals surface area contributed by atoms with Gasteiger partial charge in [0, 0.05) is 12.7 Å². The molecule has 3 aromatic carbocycles. The molecule has 3 heteroatoms. The molecule has 0 spiro atoms. The molecule has 0 radical (unpaired) electrons. The fraction of sp³-hybridized carbons (Fsp3) is 0.160. The molecule has 0 N–H and O–H groups in total. The molecule has 28 heavy (non-hydrogen) atoms. The lowest BCUT2D eigenvalue weighted by Gasteiger charge is -2.45. The molecule has 1 atom stereocenters. The standard InChI is InChI=1S/C25H23NO2/c1-18-11-10-14-20(17-18)25(28-3)22(19-12-6-4-7-13-19)23(27-2)24(25)26-21-15-8-5-9-16-21/h4-17H,1-3H3. The summed E-state index contributed by atoms with van der Waals surface area (Å²) in [5.74, 6) is 0.762. The topological polar surface area (TPSA) is 30.8 Å². The number of aliphatic imine (C=N–C) groups is 1. The normalized spacial score (nSPS) is 20.2. The Morgan fingerprint density at radius 2 is 1.46 bits per heavy atom. The number of rotatable bonds is 5. The molecule has 140 valence electrons. The van der Waals surface area contributed by atoms with Gasteiger partial charge in [-0.15, -0.1) is 0 Å². The van der Waals surface area contributed by atoms with E-state index in [1.54, 1.807) is 14.2 Å². The minimum Gasteiger partial charge on any atom is -0.494 e. The average molecular weight is 369 g/mol. The molecule has 3 aromatic rings. The Kier molecular flexibility index (Phi) is 4.84. The van der Waals surface area contributed by atoms with Gasteiger partial charge in [-0.1, -0.05) is 78.4 Å². The summed E-state index contributed by atoms with van der Waals surface area (Å²) in [7, 11) is 3.42. The zero-order chi connectivity index (χ0) is 19.6. The quantitative estimate of drug-likeness (QED) is 0.579. The smallest absolute Gasteiger partial charge is 0.168 e. The summed E-state index contributed by atoms with van der Waals surface area (Å²) in [5, 5.41) is 0. The number of ether oxygens (including phenoxy) is 2. The lowest BCUT2D eigenvalue weighted by Crippen LogP contribution is -2.49. The van der Waals surface area contributed by atoms with Crippen molar-refractivity contribution in [2.45, 2.75) is 12.5 Å². The first kappa shape index (κ1) is 18.2. The van der Waals surface area contributed by atoms with Gasteiger partial charge in [0.2, 0.25) is 0 Å². The highest BCUT2D eigenvalue weighted by atomic mass is 16.5. The molecule has 0 aromatic heterocycles. The van der Waals surface area contributed by atoms with Crippen LogP contribution in [-0.2, 0) is 15.1 Å². The summed E-state index contributed by atoms with van der Waals surface area (Å²) >= 11 is 0. The first-order chi connectivity index (χ1) is 13.7. The molecule has 0 aliphatic heterocycles. The molecule has 0 bridgehead atoms. The van der Waals surface area contributed by atoms with Gasteiger partial charge in [-0.05, 0) is 30.2 Å². The van der Waals surface area contributed by atoms with Gasteiger partial charge in [0.1, 0.15) is 5.71 Å². The fourth-order valence-electron chi connectivity index (χ4n) is 3.85. The number of nitrogens with zero attached hydrogens (tertiary/aromatic N) is 1. The van der Waals surface area contributed by atoms with Gasteiger partial charge >= 0.3 is 0 Å². The third-order valence-corrected chi connectivity index (χ3v) is 5.12. The van der Waals surface area contributed by atoms with Gasteiger partial charge in [-0.25, -0.2) is 4.99 Å². The zero-order valence-electron chi connectivity index (χ0n) is 16.3. The third kappa shape index (κ3) is 2.85.